The van der Waals surface area contributed by atoms with Crippen LogP contribution in [-0.4, -0.2) is 16.5 Å². The lowest BCUT2D eigenvalue weighted by atomic mass is 10.4. The van der Waals surface area contributed by atoms with Gasteiger partial charge in [0.15, 0.2) is 5.75 Å². The number of nitrogens with zero attached hydrogens (tertiary/aromatic N) is 1. The standard InChI is InChI=1S/C7H10N2O2.ClH/c1-2-11-6-4-3-5-9(10)7(6)8;/h3-5,8,10H,2H2,1H3;1H. The second kappa shape index (κ2) is 4.66. The van der Waals surface area contributed by atoms with Crippen molar-refractivity contribution >= 4 is 12.4 Å². The van der Waals surface area contributed by atoms with Gasteiger partial charge in [0.25, 0.3) is 0 Å². The highest BCUT2D eigenvalue weighted by atomic mass is 35.5. The second-order valence-corrected chi connectivity index (χ2v) is 2.00. The fourth-order valence-electron chi connectivity index (χ4n) is 0.750. The van der Waals surface area contributed by atoms with Crippen molar-refractivity contribution in [3.05, 3.63) is 23.8 Å². The van der Waals surface area contributed by atoms with Crippen LogP contribution in [0.4, 0.5) is 0 Å². The summed E-state index contributed by atoms with van der Waals surface area (Å²) in [6.07, 6.45) is 1.38. The van der Waals surface area contributed by atoms with Gasteiger partial charge < -0.3 is 9.94 Å². The molecule has 0 spiro atoms. The van der Waals surface area contributed by atoms with Crippen molar-refractivity contribution in [2.45, 2.75) is 6.92 Å². The van der Waals surface area contributed by atoms with Gasteiger partial charge >= 0.3 is 0 Å². The Labute approximate surface area is 76.3 Å². The Bertz CT molecular complexity index is 298. The lowest BCUT2D eigenvalue weighted by molar-refractivity contribution is 0.164. The third-order valence-corrected chi connectivity index (χ3v) is 1.24. The Morgan fingerprint density at radius 3 is 2.92 bits per heavy atom. The fourth-order valence-corrected chi connectivity index (χ4v) is 0.750. The Morgan fingerprint density at radius 2 is 2.33 bits per heavy atom. The molecule has 0 atom stereocenters. The van der Waals surface area contributed by atoms with Crippen molar-refractivity contribution in [3.63, 3.8) is 0 Å². The first-order chi connectivity index (χ1) is 5.25. The molecule has 2 N–H and O–H groups in total. The highest BCUT2D eigenvalue weighted by Gasteiger charge is 1.96. The normalized spacial score (nSPS) is 8.75. The van der Waals surface area contributed by atoms with Gasteiger partial charge in [-0.2, -0.15) is 4.73 Å². The van der Waals surface area contributed by atoms with E-state index in [1.54, 1.807) is 12.1 Å². The third-order valence-electron chi connectivity index (χ3n) is 1.24. The molecule has 0 saturated heterocycles. The SMILES string of the molecule is CCOc1cccn(O)c1=N.Cl. The van der Waals surface area contributed by atoms with Gasteiger partial charge in [-0.05, 0) is 19.1 Å². The zero-order valence-electron chi connectivity index (χ0n) is 6.65. The summed E-state index contributed by atoms with van der Waals surface area (Å²) in [6.45, 7) is 2.32. The first kappa shape index (κ1) is 10.8. The lowest BCUT2D eigenvalue weighted by Gasteiger charge is -2.03. The van der Waals surface area contributed by atoms with Crippen LogP contribution in [0.1, 0.15) is 6.92 Å². The number of ether oxygens (including phenoxy) is 1. The largest absolute Gasteiger partial charge is 0.490 e. The average Bonchev–Trinajstić information content (AvgIpc) is 1.99. The molecule has 12 heavy (non-hydrogen) atoms. The fraction of sp³-hybridized carbons (Fsp3) is 0.286. The van der Waals surface area contributed by atoms with E-state index in [0.29, 0.717) is 17.1 Å². The van der Waals surface area contributed by atoms with Crippen LogP contribution in [-0.2, 0) is 0 Å². The molecule has 0 aliphatic heterocycles. The van der Waals surface area contributed by atoms with Crippen molar-refractivity contribution in [3.8, 4) is 5.75 Å². The minimum absolute atomic E-state index is 0. The predicted molar refractivity (Wildman–Crippen MR) is 45.9 cm³/mol. The molecule has 0 amide bonds. The molecule has 68 valence electrons. The van der Waals surface area contributed by atoms with Crippen LogP contribution in [0.3, 0.4) is 0 Å². The molecule has 0 bridgehead atoms. The number of aromatic nitrogens is 1. The molecule has 0 saturated carbocycles. The predicted octanol–water partition coefficient (Wildman–Crippen LogP) is 1.03. The van der Waals surface area contributed by atoms with E-state index in [1.807, 2.05) is 6.92 Å². The second-order valence-electron chi connectivity index (χ2n) is 2.00. The molecule has 1 aromatic rings. The molecule has 1 aromatic heterocycles. The monoisotopic (exact) mass is 190 g/mol. The van der Waals surface area contributed by atoms with Crippen LogP contribution < -0.4 is 10.2 Å². The van der Waals surface area contributed by atoms with Gasteiger partial charge in [-0.1, -0.05) is 0 Å². The van der Waals surface area contributed by atoms with Crippen LogP contribution >= 0.6 is 12.4 Å². The van der Waals surface area contributed by atoms with Crippen molar-refractivity contribution in [1.29, 1.82) is 5.41 Å². The molecular weight excluding hydrogens is 180 g/mol. The van der Waals surface area contributed by atoms with Crippen LogP contribution in [0, 0.1) is 5.41 Å². The molecule has 4 nitrogen and oxygen atoms in total. The molecule has 1 heterocycles. The van der Waals surface area contributed by atoms with Crippen molar-refractivity contribution in [2.75, 3.05) is 6.61 Å². The quantitative estimate of drug-likeness (QED) is 0.685. The minimum atomic E-state index is -0.0330. The van der Waals surface area contributed by atoms with E-state index in [2.05, 4.69) is 0 Å². The van der Waals surface area contributed by atoms with Crippen molar-refractivity contribution in [2.24, 2.45) is 0 Å². The maximum atomic E-state index is 8.98. The van der Waals surface area contributed by atoms with Crippen LogP contribution in [0.2, 0.25) is 0 Å². The average molecular weight is 191 g/mol. The number of pyridine rings is 1. The zero-order valence-corrected chi connectivity index (χ0v) is 7.47. The number of nitrogens with one attached hydrogen (secondary N) is 1. The maximum Gasteiger partial charge on any atom is 0.202 e. The molecular formula is C7H11ClN2O2. The molecule has 0 unspecified atom stereocenters. The van der Waals surface area contributed by atoms with E-state index in [-0.39, 0.29) is 17.9 Å². The van der Waals surface area contributed by atoms with Crippen LogP contribution in [0.5, 0.6) is 5.75 Å². The summed E-state index contributed by atoms with van der Waals surface area (Å²) in [6, 6.07) is 3.25. The van der Waals surface area contributed by atoms with Gasteiger partial charge in [-0.3, -0.25) is 5.41 Å². The summed E-state index contributed by atoms with van der Waals surface area (Å²) in [5.41, 5.74) is -0.0330. The smallest absolute Gasteiger partial charge is 0.202 e. The highest BCUT2D eigenvalue weighted by Crippen LogP contribution is 1.99. The van der Waals surface area contributed by atoms with Crippen molar-refractivity contribution in [1.82, 2.24) is 4.73 Å². The Hall–Kier alpha value is -1.16. The summed E-state index contributed by atoms with van der Waals surface area (Å²) in [4.78, 5) is 0. The Kier molecular flexibility index (Phi) is 4.21. The highest BCUT2D eigenvalue weighted by molar-refractivity contribution is 5.85. The first-order valence-corrected chi connectivity index (χ1v) is 3.34. The number of hydrogen-bond acceptors (Lipinski definition) is 3. The summed E-state index contributed by atoms with van der Waals surface area (Å²) in [5, 5.41) is 16.3. The van der Waals surface area contributed by atoms with Gasteiger partial charge in [0.05, 0.1) is 6.61 Å². The molecule has 0 aliphatic carbocycles. The molecule has 1 rings (SSSR count). The summed E-state index contributed by atoms with van der Waals surface area (Å²) in [7, 11) is 0. The zero-order chi connectivity index (χ0) is 8.27. The molecule has 0 aliphatic rings. The van der Waals surface area contributed by atoms with E-state index < -0.39 is 0 Å². The third kappa shape index (κ3) is 2.17. The first-order valence-electron chi connectivity index (χ1n) is 3.34. The van der Waals surface area contributed by atoms with Crippen LogP contribution in [0.25, 0.3) is 0 Å². The number of halogens is 1. The lowest BCUT2D eigenvalue weighted by Crippen LogP contribution is -2.18. The summed E-state index contributed by atoms with van der Waals surface area (Å²) >= 11 is 0. The van der Waals surface area contributed by atoms with Gasteiger partial charge in [-0.15, -0.1) is 12.4 Å². The molecule has 5 heteroatoms. The van der Waals surface area contributed by atoms with E-state index in [0.717, 1.165) is 0 Å². The minimum Gasteiger partial charge on any atom is -0.490 e. The van der Waals surface area contributed by atoms with E-state index >= 15 is 0 Å². The Morgan fingerprint density at radius 1 is 1.67 bits per heavy atom. The van der Waals surface area contributed by atoms with Crippen LogP contribution in [0.15, 0.2) is 18.3 Å². The summed E-state index contributed by atoms with van der Waals surface area (Å²) < 4.78 is 5.76. The van der Waals surface area contributed by atoms with Gasteiger partial charge in [0.1, 0.15) is 0 Å². The molecule has 0 radical (unpaired) electrons. The van der Waals surface area contributed by atoms with E-state index in [4.69, 9.17) is 15.4 Å². The number of rotatable bonds is 2. The van der Waals surface area contributed by atoms with Gasteiger partial charge in [0.2, 0.25) is 5.49 Å². The Balaban J connectivity index is 0.00000121. The maximum absolute atomic E-state index is 8.98. The van der Waals surface area contributed by atoms with Gasteiger partial charge in [-0.25, -0.2) is 0 Å². The van der Waals surface area contributed by atoms with E-state index in [9.17, 15) is 0 Å². The van der Waals surface area contributed by atoms with E-state index in [1.165, 1.54) is 6.20 Å². The molecule has 0 fully saturated rings. The topological polar surface area (TPSA) is 58.2 Å². The van der Waals surface area contributed by atoms with Gasteiger partial charge in [0, 0.05) is 6.20 Å². The molecule has 0 aromatic carbocycles. The van der Waals surface area contributed by atoms with Crippen molar-refractivity contribution < 1.29 is 9.94 Å². The number of hydrogen-bond donors (Lipinski definition) is 2. The summed E-state index contributed by atoms with van der Waals surface area (Å²) in [5.74, 6) is 0.387.